The average Bonchev–Trinajstić information content (AvgIpc) is 3.50. The molecular formula is C28H34BN5O. The second kappa shape index (κ2) is 10.5. The van der Waals surface area contributed by atoms with Gasteiger partial charge in [0, 0.05) is 37.4 Å². The van der Waals surface area contributed by atoms with E-state index in [2.05, 4.69) is 34.1 Å². The Kier molecular flexibility index (Phi) is 7.05. The maximum absolute atomic E-state index is 12.9. The Bertz CT molecular complexity index is 1280. The number of hydrogen-bond donors (Lipinski definition) is 0. The first kappa shape index (κ1) is 23.4. The number of hydrogen-bond acceptors (Lipinski definition) is 3. The van der Waals surface area contributed by atoms with Crippen molar-refractivity contribution in [1.29, 1.82) is 0 Å². The van der Waals surface area contributed by atoms with E-state index in [0.717, 1.165) is 54.5 Å². The predicted octanol–water partition coefficient (Wildman–Crippen LogP) is 2.86. The van der Waals surface area contributed by atoms with E-state index < -0.39 is 0 Å². The lowest BCUT2D eigenvalue weighted by Gasteiger charge is -2.32. The Hall–Kier alpha value is -3.32. The first-order valence-corrected chi connectivity index (χ1v) is 12.7. The Morgan fingerprint density at radius 2 is 1.74 bits per heavy atom. The van der Waals surface area contributed by atoms with Gasteiger partial charge in [0.05, 0.1) is 12.0 Å². The maximum Gasteiger partial charge on any atom is 0.265 e. The average molecular weight is 467 g/mol. The molecule has 6 nitrogen and oxygen atoms in total. The summed E-state index contributed by atoms with van der Waals surface area (Å²) in [6.07, 6.45) is 11.8. The molecule has 0 N–H and O–H groups in total. The van der Waals surface area contributed by atoms with Gasteiger partial charge in [-0.15, -0.1) is 0 Å². The lowest BCUT2D eigenvalue weighted by Crippen LogP contribution is -2.36. The molecule has 0 spiro atoms. The standard InChI is InChI=1S/C28H34BN5O/c1-31-26(27(29)28(35)34(31)25-8-3-2-4-9-25)20-32-17-14-23(15-18-32)7-5-6-22-10-12-24(13-11-22)33-19-16-30-21-33/h2-4,8-13,16,19,21,23H,5-7,14-15,17-18,20,29H2,1H3. The molecule has 2 aromatic carbocycles. The van der Waals surface area contributed by atoms with Crippen molar-refractivity contribution in [3.8, 4) is 11.4 Å². The lowest BCUT2D eigenvalue weighted by molar-refractivity contribution is 0.167. The van der Waals surface area contributed by atoms with Crippen molar-refractivity contribution >= 4 is 13.3 Å². The molecule has 0 radical (unpaired) electrons. The number of imidazole rings is 1. The minimum Gasteiger partial charge on any atom is -0.306 e. The molecule has 0 amide bonds. The van der Waals surface area contributed by atoms with E-state index in [1.54, 1.807) is 4.68 Å². The fraction of sp³-hybridized carbons (Fsp3) is 0.357. The number of para-hydroxylation sites is 1. The zero-order valence-corrected chi connectivity index (χ0v) is 20.8. The molecule has 0 aliphatic carbocycles. The molecule has 1 saturated heterocycles. The Balaban J connectivity index is 1.11. The van der Waals surface area contributed by atoms with Crippen molar-refractivity contribution in [3.63, 3.8) is 0 Å². The summed E-state index contributed by atoms with van der Waals surface area (Å²) in [6.45, 7) is 3.05. The molecule has 0 unspecified atom stereocenters. The summed E-state index contributed by atoms with van der Waals surface area (Å²) >= 11 is 0. The molecule has 2 aromatic heterocycles. The van der Waals surface area contributed by atoms with Gasteiger partial charge >= 0.3 is 0 Å². The van der Waals surface area contributed by atoms with Crippen LogP contribution < -0.4 is 11.0 Å². The number of nitrogens with zero attached hydrogens (tertiary/aromatic N) is 5. The highest BCUT2D eigenvalue weighted by molar-refractivity contribution is 6.32. The summed E-state index contributed by atoms with van der Waals surface area (Å²) in [5.41, 5.74) is 5.55. The zero-order valence-electron chi connectivity index (χ0n) is 20.8. The van der Waals surface area contributed by atoms with Crippen LogP contribution in [-0.2, 0) is 20.0 Å². The van der Waals surface area contributed by atoms with Crippen LogP contribution in [-0.4, -0.2) is 44.8 Å². The highest BCUT2D eigenvalue weighted by Crippen LogP contribution is 2.24. The van der Waals surface area contributed by atoms with Crippen molar-refractivity contribution in [1.82, 2.24) is 23.8 Å². The predicted molar refractivity (Wildman–Crippen MR) is 144 cm³/mol. The molecule has 0 atom stereocenters. The number of rotatable bonds is 8. The van der Waals surface area contributed by atoms with Gasteiger partial charge in [0.1, 0.15) is 7.85 Å². The summed E-state index contributed by atoms with van der Waals surface area (Å²) in [6, 6.07) is 18.8. The summed E-state index contributed by atoms with van der Waals surface area (Å²) in [7, 11) is 3.97. The molecule has 7 heteroatoms. The smallest absolute Gasteiger partial charge is 0.265 e. The van der Waals surface area contributed by atoms with Crippen LogP contribution >= 0.6 is 0 Å². The van der Waals surface area contributed by atoms with Crippen molar-refractivity contribution in [3.05, 3.63) is 94.9 Å². The maximum atomic E-state index is 12.9. The van der Waals surface area contributed by atoms with E-state index >= 15 is 0 Å². The monoisotopic (exact) mass is 467 g/mol. The third-order valence-corrected chi connectivity index (χ3v) is 7.53. The van der Waals surface area contributed by atoms with Gasteiger partial charge in [0.15, 0.2) is 0 Å². The number of aryl methyl sites for hydroxylation is 1. The molecule has 1 fully saturated rings. The minimum absolute atomic E-state index is 0.0849. The Labute approximate surface area is 208 Å². The molecule has 1 aliphatic heterocycles. The van der Waals surface area contributed by atoms with Crippen LogP contribution in [0.15, 0.2) is 78.1 Å². The van der Waals surface area contributed by atoms with Crippen LogP contribution in [0.3, 0.4) is 0 Å². The molecule has 35 heavy (non-hydrogen) atoms. The fourth-order valence-corrected chi connectivity index (χ4v) is 5.35. The molecule has 180 valence electrons. The second-order valence-corrected chi connectivity index (χ2v) is 9.80. The van der Waals surface area contributed by atoms with E-state index in [9.17, 15) is 4.79 Å². The van der Waals surface area contributed by atoms with Crippen molar-refractivity contribution in [2.24, 2.45) is 13.0 Å². The highest BCUT2D eigenvalue weighted by Gasteiger charge is 2.22. The van der Waals surface area contributed by atoms with Crippen LogP contribution in [0, 0.1) is 5.92 Å². The number of likely N-dealkylation sites (tertiary alicyclic amines) is 1. The number of aromatic nitrogens is 4. The second-order valence-electron chi connectivity index (χ2n) is 9.80. The molecule has 4 aromatic rings. The summed E-state index contributed by atoms with van der Waals surface area (Å²) in [5.74, 6) is 0.801. The van der Waals surface area contributed by atoms with Crippen LogP contribution in [0.5, 0.6) is 0 Å². The van der Waals surface area contributed by atoms with Crippen LogP contribution in [0.1, 0.15) is 36.9 Å². The lowest BCUT2D eigenvalue weighted by atomic mass is 9.90. The Morgan fingerprint density at radius 3 is 2.43 bits per heavy atom. The number of piperidine rings is 1. The topological polar surface area (TPSA) is 48.0 Å². The quantitative estimate of drug-likeness (QED) is 0.375. The zero-order chi connectivity index (χ0) is 24.2. The highest BCUT2D eigenvalue weighted by atomic mass is 16.1. The summed E-state index contributed by atoms with van der Waals surface area (Å²) < 4.78 is 5.87. The van der Waals surface area contributed by atoms with Crippen LogP contribution in [0.2, 0.25) is 0 Å². The van der Waals surface area contributed by atoms with Crippen LogP contribution in [0.25, 0.3) is 11.4 Å². The largest absolute Gasteiger partial charge is 0.306 e. The summed E-state index contributed by atoms with van der Waals surface area (Å²) in [4.78, 5) is 19.6. The van der Waals surface area contributed by atoms with Crippen molar-refractivity contribution in [2.45, 2.75) is 38.6 Å². The van der Waals surface area contributed by atoms with E-state index in [0.29, 0.717) is 0 Å². The van der Waals surface area contributed by atoms with Gasteiger partial charge in [0.25, 0.3) is 5.56 Å². The third-order valence-electron chi connectivity index (χ3n) is 7.53. The van der Waals surface area contributed by atoms with Gasteiger partial charge in [-0.2, -0.15) is 0 Å². The third kappa shape index (κ3) is 5.20. The molecule has 0 saturated carbocycles. The van der Waals surface area contributed by atoms with E-state index in [4.69, 9.17) is 0 Å². The SMILES string of the molecule is Bc1c(CN2CCC(CCCc3ccc(-n4ccnc4)cc3)CC2)n(C)n(-c2ccccc2)c1=O. The molecule has 5 rings (SSSR count). The van der Waals surface area contributed by atoms with Gasteiger partial charge in [-0.3, -0.25) is 14.4 Å². The van der Waals surface area contributed by atoms with Crippen LogP contribution in [0.4, 0.5) is 0 Å². The van der Waals surface area contributed by atoms with Crippen molar-refractivity contribution < 1.29 is 0 Å². The molecule has 0 bridgehead atoms. The van der Waals surface area contributed by atoms with Gasteiger partial charge in [-0.25, -0.2) is 9.67 Å². The number of benzene rings is 2. The molecule has 3 heterocycles. The van der Waals surface area contributed by atoms with E-state index in [1.807, 2.05) is 73.2 Å². The van der Waals surface area contributed by atoms with Gasteiger partial charge in [-0.1, -0.05) is 36.8 Å². The summed E-state index contributed by atoms with van der Waals surface area (Å²) in [5, 5.41) is 0. The van der Waals surface area contributed by atoms with E-state index in [-0.39, 0.29) is 5.56 Å². The molecular weight excluding hydrogens is 433 g/mol. The van der Waals surface area contributed by atoms with Crippen molar-refractivity contribution in [2.75, 3.05) is 13.1 Å². The normalized spacial score (nSPS) is 15.0. The molecule has 1 aliphatic rings. The Morgan fingerprint density at radius 1 is 1.00 bits per heavy atom. The van der Waals surface area contributed by atoms with Gasteiger partial charge in [0.2, 0.25) is 0 Å². The first-order chi connectivity index (χ1) is 17.1. The van der Waals surface area contributed by atoms with Gasteiger partial charge in [-0.05, 0) is 80.0 Å². The van der Waals surface area contributed by atoms with E-state index in [1.165, 1.54) is 31.2 Å². The van der Waals surface area contributed by atoms with Gasteiger partial charge < -0.3 is 4.57 Å². The fourth-order valence-electron chi connectivity index (χ4n) is 5.35. The first-order valence-electron chi connectivity index (χ1n) is 12.7. The minimum atomic E-state index is 0.0849.